The number of imidazole rings is 1. The Hall–Kier alpha value is -4.85. The van der Waals surface area contributed by atoms with E-state index < -0.39 is 0 Å². The van der Waals surface area contributed by atoms with Gasteiger partial charge in [0.2, 0.25) is 11.9 Å². The van der Waals surface area contributed by atoms with Gasteiger partial charge in [0.05, 0.1) is 28.4 Å². The second-order valence-corrected chi connectivity index (χ2v) is 7.40. The van der Waals surface area contributed by atoms with E-state index >= 15 is 0 Å². The van der Waals surface area contributed by atoms with Gasteiger partial charge in [0.15, 0.2) is 0 Å². The SMILES string of the molecule is c1cncc(Nc2nc3ccccc3n2-c2ccnc(Nc3ccc4ncccc4c3)n2)c1. The van der Waals surface area contributed by atoms with E-state index in [4.69, 9.17) is 9.97 Å². The highest BCUT2D eigenvalue weighted by atomic mass is 15.3. The zero-order valence-corrected chi connectivity index (χ0v) is 17.4. The zero-order chi connectivity index (χ0) is 22.0. The van der Waals surface area contributed by atoms with Crippen LogP contribution >= 0.6 is 0 Å². The molecule has 2 aromatic carbocycles. The van der Waals surface area contributed by atoms with E-state index in [1.807, 2.05) is 77.4 Å². The van der Waals surface area contributed by atoms with Gasteiger partial charge in [-0.2, -0.15) is 4.98 Å². The summed E-state index contributed by atoms with van der Waals surface area (Å²) in [6, 6.07) is 23.5. The first-order valence-corrected chi connectivity index (χ1v) is 10.4. The monoisotopic (exact) mass is 430 g/mol. The lowest BCUT2D eigenvalue weighted by Crippen LogP contribution is -2.06. The third kappa shape index (κ3) is 3.70. The molecule has 6 rings (SSSR count). The molecule has 0 amide bonds. The third-order valence-corrected chi connectivity index (χ3v) is 5.21. The predicted molar refractivity (Wildman–Crippen MR) is 129 cm³/mol. The Labute approximate surface area is 189 Å². The van der Waals surface area contributed by atoms with Crippen molar-refractivity contribution in [3.8, 4) is 5.82 Å². The number of pyridine rings is 2. The van der Waals surface area contributed by atoms with E-state index in [1.54, 1.807) is 24.8 Å². The lowest BCUT2D eigenvalue weighted by molar-refractivity contribution is 1.01. The largest absolute Gasteiger partial charge is 0.324 e. The van der Waals surface area contributed by atoms with Crippen molar-refractivity contribution < 1.29 is 0 Å². The van der Waals surface area contributed by atoms with Gasteiger partial charge in [0, 0.05) is 35.7 Å². The number of nitrogens with one attached hydrogen (secondary N) is 2. The second kappa shape index (κ2) is 8.01. The molecule has 33 heavy (non-hydrogen) atoms. The van der Waals surface area contributed by atoms with E-state index in [0.717, 1.165) is 33.3 Å². The number of para-hydroxylation sites is 2. The number of anilines is 4. The van der Waals surface area contributed by atoms with Crippen molar-refractivity contribution in [1.29, 1.82) is 0 Å². The van der Waals surface area contributed by atoms with Crippen LogP contribution in [-0.2, 0) is 0 Å². The summed E-state index contributed by atoms with van der Waals surface area (Å²) in [6.45, 7) is 0. The summed E-state index contributed by atoms with van der Waals surface area (Å²) < 4.78 is 1.97. The maximum absolute atomic E-state index is 4.77. The van der Waals surface area contributed by atoms with Crippen LogP contribution in [0.1, 0.15) is 0 Å². The van der Waals surface area contributed by atoms with Gasteiger partial charge >= 0.3 is 0 Å². The van der Waals surface area contributed by atoms with Gasteiger partial charge in [-0.15, -0.1) is 0 Å². The number of nitrogens with zero attached hydrogens (tertiary/aromatic N) is 6. The van der Waals surface area contributed by atoms with Crippen molar-refractivity contribution in [2.24, 2.45) is 0 Å². The summed E-state index contributed by atoms with van der Waals surface area (Å²) in [5, 5.41) is 7.70. The molecule has 4 heterocycles. The van der Waals surface area contributed by atoms with Gasteiger partial charge in [-0.05, 0) is 48.5 Å². The average Bonchev–Trinajstić information content (AvgIpc) is 3.22. The highest BCUT2D eigenvalue weighted by Crippen LogP contribution is 2.27. The first kappa shape index (κ1) is 18.9. The van der Waals surface area contributed by atoms with Gasteiger partial charge in [-0.1, -0.05) is 18.2 Å². The Kier molecular flexibility index (Phi) is 4.58. The van der Waals surface area contributed by atoms with E-state index in [1.165, 1.54) is 0 Å². The van der Waals surface area contributed by atoms with Gasteiger partial charge in [-0.25, -0.2) is 9.97 Å². The Balaban J connectivity index is 1.40. The third-order valence-electron chi connectivity index (χ3n) is 5.21. The first-order chi connectivity index (χ1) is 16.3. The standard InChI is InChI=1S/C25H18N8/c1-2-8-22-21(7-1)31-25(30-19-6-4-12-26-16-19)33(22)23-11-14-28-24(32-23)29-18-9-10-20-17(15-18)5-3-13-27-20/h1-16H,(H,30,31)(H,28,29,32). The normalized spacial score (nSPS) is 11.0. The summed E-state index contributed by atoms with van der Waals surface area (Å²) in [4.78, 5) is 22.5. The number of rotatable bonds is 5. The first-order valence-electron chi connectivity index (χ1n) is 10.4. The second-order valence-electron chi connectivity index (χ2n) is 7.40. The molecule has 4 aromatic heterocycles. The molecule has 0 unspecified atom stereocenters. The van der Waals surface area contributed by atoms with Gasteiger partial charge in [0.25, 0.3) is 0 Å². The average molecular weight is 430 g/mol. The summed E-state index contributed by atoms with van der Waals surface area (Å²) in [6.07, 6.45) is 7.01. The summed E-state index contributed by atoms with van der Waals surface area (Å²) in [5.74, 6) is 1.82. The molecule has 0 aliphatic rings. The van der Waals surface area contributed by atoms with Gasteiger partial charge < -0.3 is 10.6 Å². The molecule has 6 aromatic rings. The van der Waals surface area contributed by atoms with Crippen LogP contribution < -0.4 is 10.6 Å². The minimum absolute atomic E-state index is 0.487. The van der Waals surface area contributed by atoms with Crippen LogP contribution in [0.2, 0.25) is 0 Å². The topological polar surface area (TPSA) is 93.4 Å². The molecular formula is C25H18N8. The molecule has 8 heteroatoms. The molecule has 0 saturated heterocycles. The van der Waals surface area contributed by atoms with Crippen LogP contribution in [0.5, 0.6) is 0 Å². The van der Waals surface area contributed by atoms with E-state index in [-0.39, 0.29) is 0 Å². The number of aromatic nitrogens is 6. The van der Waals surface area contributed by atoms with Gasteiger partial charge in [-0.3, -0.25) is 14.5 Å². The van der Waals surface area contributed by atoms with Crippen molar-refractivity contribution in [2.45, 2.75) is 0 Å². The lowest BCUT2D eigenvalue weighted by atomic mass is 10.2. The zero-order valence-electron chi connectivity index (χ0n) is 17.4. The molecule has 0 aliphatic carbocycles. The van der Waals surface area contributed by atoms with Crippen molar-refractivity contribution in [3.63, 3.8) is 0 Å². The fraction of sp³-hybridized carbons (Fsp3) is 0. The van der Waals surface area contributed by atoms with Crippen LogP contribution in [0.25, 0.3) is 27.8 Å². The molecule has 158 valence electrons. The summed E-state index contributed by atoms with van der Waals surface area (Å²) >= 11 is 0. The van der Waals surface area contributed by atoms with E-state index in [9.17, 15) is 0 Å². The molecular weight excluding hydrogens is 412 g/mol. The Morgan fingerprint density at radius 1 is 0.667 bits per heavy atom. The number of fused-ring (bicyclic) bond motifs is 2. The number of hydrogen-bond donors (Lipinski definition) is 2. The minimum Gasteiger partial charge on any atom is -0.324 e. The van der Waals surface area contributed by atoms with Crippen LogP contribution in [-0.4, -0.2) is 29.5 Å². The van der Waals surface area contributed by atoms with Crippen LogP contribution in [0, 0.1) is 0 Å². The van der Waals surface area contributed by atoms with Crippen molar-refractivity contribution in [2.75, 3.05) is 10.6 Å². The maximum Gasteiger partial charge on any atom is 0.229 e. The number of hydrogen-bond acceptors (Lipinski definition) is 7. The minimum atomic E-state index is 0.487. The van der Waals surface area contributed by atoms with Crippen LogP contribution in [0.4, 0.5) is 23.3 Å². The Bertz CT molecular complexity index is 1580. The van der Waals surface area contributed by atoms with Crippen LogP contribution in [0.15, 0.2) is 97.6 Å². The smallest absolute Gasteiger partial charge is 0.229 e. The number of benzene rings is 2. The maximum atomic E-state index is 4.77. The molecule has 0 saturated carbocycles. The molecule has 0 atom stereocenters. The molecule has 8 nitrogen and oxygen atoms in total. The lowest BCUT2D eigenvalue weighted by Gasteiger charge is -2.12. The highest BCUT2D eigenvalue weighted by molar-refractivity contribution is 5.83. The Morgan fingerprint density at radius 2 is 1.61 bits per heavy atom. The van der Waals surface area contributed by atoms with Crippen molar-refractivity contribution in [1.82, 2.24) is 29.5 Å². The van der Waals surface area contributed by atoms with Crippen LogP contribution in [0.3, 0.4) is 0 Å². The predicted octanol–water partition coefficient (Wildman–Crippen LogP) is 5.25. The molecule has 0 fully saturated rings. The summed E-state index contributed by atoms with van der Waals surface area (Å²) in [7, 11) is 0. The molecule has 0 radical (unpaired) electrons. The molecule has 0 spiro atoms. The quantitative estimate of drug-likeness (QED) is 0.386. The highest BCUT2D eigenvalue weighted by Gasteiger charge is 2.14. The van der Waals surface area contributed by atoms with E-state index in [0.29, 0.717) is 17.7 Å². The molecule has 2 N–H and O–H groups in total. The molecule has 0 aliphatic heterocycles. The van der Waals surface area contributed by atoms with E-state index in [2.05, 4.69) is 25.6 Å². The Morgan fingerprint density at radius 3 is 2.55 bits per heavy atom. The van der Waals surface area contributed by atoms with Crippen molar-refractivity contribution >= 4 is 45.2 Å². The molecule has 0 bridgehead atoms. The fourth-order valence-corrected chi connectivity index (χ4v) is 3.72. The fourth-order valence-electron chi connectivity index (χ4n) is 3.72. The summed E-state index contributed by atoms with van der Waals surface area (Å²) in [5.41, 5.74) is 4.46. The van der Waals surface area contributed by atoms with Gasteiger partial charge in [0.1, 0.15) is 5.82 Å². The van der Waals surface area contributed by atoms with Crippen molar-refractivity contribution in [3.05, 3.63) is 97.6 Å².